The predicted molar refractivity (Wildman–Crippen MR) is 74.8 cm³/mol. The minimum absolute atomic E-state index is 0.777. The number of hydrogen-bond donors (Lipinski definition) is 1. The third-order valence-corrected chi connectivity index (χ3v) is 3.37. The summed E-state index contributed by atoms with van der Waals surface area (Å²) in [7, 11) is 6.14. The largest absolute Gasteiger partial charge is 0.394 e. The van der Waals surface area contributed by atoms with Crippen molar-refractivity contribution >= 4 is 11.5 Å². The van der Waals surface area contributed by atoms with E-state index in [9.17, 15) is 0 Å². The number of nitrogens with two attached hydrogens (primary N) is 1. The van der Waals surface area contributed by atoms with Crippen LogP contribution in [0.2, 0.25) is 0 Å². The van der Waals surface area contributed by atoms with Gasteiger partial charge in [0.05, 0.1) is 5.69 Å². The number of likely N-dealkylation sites (N-methyl/N-ethyl adjacent to an activating group) is 1. The van der Waals surface area contributed by atoms with Gasteiger partial charge in [-0.3, -0.25) is 9.58 Å². The highest BCUT2D eigenvalue weighted by molar-refractivity contribution is 5.61. The Morgan fingerprint density at radius 1 is 1.28 bits per heavy atom. The van der Waals surface area contributed by atoms with Gasteiger partial charge in [-0.05, 0) is 14.1 Å². The Kier molecular flexibility index (Phi) is 4.08. The molecule has 1 saturated heterocycles. The molecule has 2 N–H and O–H groups in total. The molecular formula is C12H24N6. The minimum atomic E-state index is 0.777. The number of aryl methyl sites for hydroxylation is 1. The fourth-order valence-electron chi connectivity index (χ4n) is 2.27. The molecule has 6 nitrogen and oxygen atoms in total. The Bertz CT molecular complexity index is 378. The zero-order chi connectivity index (χ0) is 13.1. The number of piperazine rings is 1. The molecule has 2 heterocycles. The maximum atomic E-state index is 5.96. The van der Waals surface area contributed by atoms with E-state index in [-0.39, 0.29) is 0 Å². The maximum absolute atomic E-state index is 5.96. The SMILES string of the molecule is CN(C)CCN1CCN(c2nn(C)cc2N)CC1. The van der Waals surface area contributed by atoms with Crippen molar-refractivity contribution in [3.8, 4) is 0 Å². The molecule has 0 radical (unpaired) electrons. The number of nitrogens with zero attached hydrogens (tertiary/aromatic N) is 5. The first-order chi connectivity index (χ1) is 8.56. The molecule has 1 fully saturated rings. The van der Waals surface area contributed by atoms with E-state index >= 15 is 0 Å². The van der Waals surface area contributed by atoms with Crippen LogP contribution in [-0.2, 0) is 7.05 Å². The van der Waals surface area contributed by atoms with Crippen molar-refractivity contribution in [3.05, 3.63) is 6.20 Å². The summed E-state index contributed by atoms with van der Waals surface area (Å²) in [5.41, 5.74) is 6.74. The second-order valence-corrected chi connectivity index (χ2v) is 5.21. The van der Waals surface area contributed by atoms with E-state index in [1.165, 1.54) is 0 Å². The lowest BCUT2D eigenvalue weighted by Crippen LogP contribution is -2.48. The van der Waals surface area contributed by atoms with Crippen LogP contribution in [0.15, 0.2) is 6.20 Å². The average molecular weight is 252 g/mol. The molecule has 0 aliphatic carbocycles. The standard InChI is InChI=1S/C12H24N6/c1-15(2)4-5-17-6-8-18(9-7-17)12-11(13)10-16(3)14-12/h10H,4-9,13H2,1-3H3. The monoisotopic (exact) mass is 252 g/mol. The van der Waals surface area contributed by atoms with E-state index in [0.29, 0.717) is 0 Å². The Labute approximate surface area is 109 Å². The third-order valence-electron chi connectivity index (χ3n) is 3.37. The summed E-state index contributed by atoms with van der Waals surface area (Å²) in [6.45, 7) is 6.45. The number of nitrogen functional groups attached to an aromatic ring is 1. The zero-order valence-electron chi connectivity index (χ0n) is 11.6. The van der Waals surface area contributed by atoms with Gasteiger partial charge >= 0.3 is 0 Å². The molecule has 1 aromatic heterocycles. The van der Waals surface area contributed by atoms with Gasteiger partial charge in [0.15, 0.2) is 5.82 Å². The maximum Gasteiger partial charge on any atom is 0.173 e. The van der Waals surface area contributed by atoms with Gasteiger partial charge in [-0.15, -0.1) is 0 Å². The molecular weight excluding hydrogens is 228 g/mol. The Balaban J connectivity index is 1.85. The molecule has 0 atom stereocenters. The molecule has 1 aliphatic rings. The van der Waals surface area contributed by atoms with Crippen LogP contribution in [0.3, 0.4) is 0 Å². The van der Waals surface area contributed by atoms with E-state index in [2.05, 4.69) is 33.9 Å². The number of rotatable bonds is 4. The van der Waals surface area contributed by atoms with Gasteiger partial charge in [0.2, 0.25) is 0 Å². The normalized spacial score (nSPS) is 17.7. The third kappa shape index (κ3) is 3.14. The lowest BCUT2D eigenvalue weighted by molar-refractivity contribution is 0.229. The molecule has 0 unspecified atom stereocenters. The molecule has 1 aliphatic heterocycles. The molecule has 0 spiro atoms. The van der Waals surface area contributed by atoms with Gasteiger partial charge in [0, 0.05) is 52.5 Å². The van der Waals surface area contributed by atoms with Crippen molar-refractivity contribution < 1.29 is 0 Å². The molecule has 2 rings (SSSR count). The van der Waals surface area contributed by atoms with Gasteiger partial charge in [0.1, 0.15) is 0 Å². The number of hydrogen-bond acceptors (Lipinski definition) is 5. The summed E-state index contributed by atoms with van der Waals surface area (Å²) in [5.74, 6) is 0.935. The first-order valence-electron chi connectivity index (χ1n) is 6.47. The summed E-state index contributed by atoms with van der Waals surface area (Å²) in [6, 6.07) is 0. The highest BCUT2D eigenvalue weighted by Crippen LogP contribution is 2.21. The molecule has 0 aromatic carbocycles. The fraction of sp³-hybridized carbons (Fsp3) is 0.750. The Morgan fingerprint density at radius 2 is 1.94 bits per heavy atom. The number of anilines is 2. The summed E-state index contributed by atoms with van der Waals surface area (Å²) < 4.78 is 1.78. The molecule has 18 heavy (non-hydrogen) atoms. The highest BCUT2D eigenvalue weighted by Gasteiger charge is 2.20. The van der Waals surface area contributed by atoms with E-state index in [0.717, 1.165) is 50.8 Å². The zero-order valence-corrected chi connectivity index (χ0v) is 11.6. The molecule has 0 bridgehead atoms. The summed E-state index contributed by atoms with van der Waals surface area (Å²) in [4.78, 5) is 7.00. The van der Waals surface area contributed by atoms with Gasteiger partial charge in [-0.1, -0.05) is 0 Å². The molecule has 6 heteroatoms. The second-order valence-electron chi connectivity index (χ2n) is 5.21. The van der Waals surface area contributed by atoms with Gasteiger partial charge < -0.3 is 15.5 Å². The van der Waals surface area contributed by atoms with Gasteiger partial charge in [-0.2, -0.15) is 5.10 Å². The smallest absolute Gasteiger partial charge is 0.173 e. The molecule has 102 valence electrons. The van der Waals surface area contributed by atoms with Crippen LogP contribution in [-0.4, -0.2) is 72.9 Å². The van der Waals surface area contributed by atoms with Crippen molar-refractivity contribution in [3.63, 3.8) is 0 Å². The van der Waals surface area contributed by atoms with Crippen LogP contribution in [0.25, 0.3) is 0 Å². The van der Waals surface area contributed by atoms with Crippen LogP contribution in [0.1, 0.15) is 0 Å². The number of aromatic nitrogens is 2. The van der Waals surface area contributed by atoms with Crippen LogP contribution in [0.4, 0.5) is 11.5 Å². The summed E-state index contributed by atoms with van der Waals surface area (Å²) >= 11 is 0. The quantitative estimate of drug-likeness (QED) is 0.796. The lowest BCUT2D eigenvalue weighted by atomic mass is 10.3. The second kappa shape index (κ2) is 5.58. The topological polar surface area (TPSA) is 53.6 Å². The van der Waals surface area contributed by atoms with E-state index in [1.54, 1.807) is 4.68 Å². The average Bonchev–Trinajstić information content (AvgIpc) is 2.66. The Morgan fingerprint density at radius 3 is 2.44 bits per heavy atom. The van der Waals surface area contributed by atoms with Crippen LogP contribution >= 0.6 is 0 Å². The van der Waals surface area contributed by atoms with Crippen molar-refractivity contribution in [1.29, 1.82) is 0 Å². The Hall–Kier alpha value is -1.27. The van der Waals surface area contributed by atoms with E-state index < -0.39 is 0 Å². The van der Waals surface area contributed by atoms with Crippen molar-refractivity contribution in [2.75, 3.05) is 64.0 Å². The van der Waals surface area contributed by atoms with E-state index in [4.69, 9.17) is 5.73 Å². The van der Waals surface area contributed by atoms with Gasteiger partial charge in [-0.25, -0.2) is 0 Å². The minimum Gasteiger partial charge on any atom is -0.394 e. The first-order valence-corrected chi connectivity index (χ1v) is 6.47. The lowest BCUT2D eigenvalue weighted by Gasteiger charge is -2.35. The first kappa shape index (κ1) is 13.2. The molecule has 1 aromatic rings. The van der Waals surface area contributed by atoms with Crippen LogP contribution < -0.4 is 10.6 Å². The molecule has 0 amide bonds. The fourth-order valence-corrected chi connectivity index (χ4v) is 2.27. The summed E-state index contributed by atoms with van der Waals surface area (Å²) in [5, 5.41) is 4.42. The van der Waals surface area contributed by atoms with Crippen molar-refractivity contribution in [2.24, 2.45) is 7.05 Å². The van der Waals surface area contributed by atoms with E-state index in [1.807, 2.05) is 13.2 Å². The highest BCUT2D eigenvalue weighted by atomic mass is 15.4. The van der Waals surface area contributed by atoms with Crippen molar-refractivity contribution in [2.45, 2.75) is 0 Å². The predicted octanol–water partition coefficient (Wildman–Crippen LogP) is -0.314. The van der Waals surface area contributed by atoms with Gasteiger partial charge in [0.25, 0.3) is 0 Å². The van der Waals surface area contributed by atoms with Crippen LogP contribution in [0.5, 0.6) is 0 Å². The van der Waals surface area contributed by atoms with Crippen molar-refractivity contribution in [1.82, 2.24) is 19.6 Å². The summed E-state index contributed by atoms with van der Waals surface area (Å²) in [6.07, 6.45) is 1.87. The molecule has 0 saturated carbocycles. The van der Waals surface area contributed by atoms with Crippen LogP contribution in [0, 0.1) is 0 Å².